The molecule has 0 aliphatic carbocycles. The van der Waals surface area contributed by atoms with E-state index < -0.39 is 16.8 Å². The molecule has 116 valence electrons. The fraction of sp³-hybridized carbons (Fsp3) is 0.267. The van der Waals surface area contributed by atoms with Gasteiger partial charge in [-0.3, -0.25) is 10.1 Å². The minimum absolute atomic E-state index is 0.164. The normalized spacial score (nSPS) is 10.5. The zero-order valence-electron chi connectivity index (χ0n) is 12.2. The van der Waals surface area contributed by atoms with Gasteiger partial charge in [0, 0.05) is 10.6 Å². The van der Waals surface area contributed by atoms with Gasteiger partial charge in [-0.2, -0.15) is 0 Å². The van der Waals surface area contributed by atoms with E-state index >= 15 is 0 Å². The molecule has 0 radical (unpaired) electrons. The molecular formula is C15H15NO5S. The first-order valence-electron chi connectivity index (χ1n) is 6.59. The second-order valence-corrected chi connectivity index (χ2v) is 5.79. The van der Waals surface area contributed by atoms with E-state index in [4.69, 9.17) is 9.15 Å². The van der Waals surface area contributed by atoms with Crippen LogP contribution < -0.4 is 0 Å². The van der Waals surface area contributed by atoms with Crippen molar-refractivity contribution in [2.45, 2.75) is 18.7 Å². The lowest BCUT2D eigenvalue weighted by Crippen LogP contribution is -2.06. The smallest absolute Gasteiger partial charge is 0.433 e. The van der Waals surface area contributed by atoms with Gasteiger partial charge in [-0.1, -0.05) is 6.07 Å². The third kappa shape index (κ3) is 4.11. The predicted octanol–water partition coefficient (Wildman–Crippen LogP) is 3.75. The molecule has 1 aromatic heterocycles. The average molecular weight is 321 g/mol. The molecule has 2 rings (SSSR count). The molecule has 7 heteroatoms. The maximum Gasteiger partial charge on any atom is 0.433 e. The van der Waals surface area contributed by atoms with Crippen LogP contribution in [0.2, 0.25) is 0 Å². The van der Waals surface area contributed by atoms with E-state index in [-0.39, 0.29) is 12.4 Å². The van der Waals surface area contributed by atoms with Crippen LogP contribution >= 0.6 is 11.8 Å². The third-order valence-corrected chi connectivity index (χ3v) is 3.99. The van der Waals surface area contributed by atoms with Crippen molar-refractivity contribution in [2.24, 2.45) is 0 Å². The van der Waals surface area contributed by atoms with Crippen LogP contribution in [-0.2, 0) is 4.74 Å². The Hall–Kier alpha value is -2.28. The minimum Gasteiger partial charge on any atom is -0.459 e. The number of benzene rings is 1. The monoisotopic (exact) mass is 321 g/mol. The molecule has 0 spiro atoms. The zero-order chi connectivity index (χ0) is 16.1. The average Bonchev–Trinajstić information content (AvgIpc) is 2.97. The molecule has 2 aromatic rings. The first kappa shape index (κ1) is 16.1. The Bertz CT molecular complexity index is 695. The molecule has 1 heterocycles. The van der Waals surface area contributed by atoms with Crippen molar-refractivity contribution >= 4 is 23.6 Å². The summed E-state index contributed by atoms with van der Waals surface area (Å²) in [6.07, 6.45) is 0. The second kappa shape index (κ2) is 7.13. The summed E-state index contributed by atoms with van der Waals surface area (Å²) in [6.45, 7) is 4.29. The molecule has 1 aromatic carbocycles. The van der Waals surface area contributed by atoms with Crippen LogP contribution in [0.25, 0.3) is 0 Å². The number of hydrogen-bond acceptors (Lipinski definition) is 6. The molecule has 0 aliphatic heterocycles. The SMILES string of the molecule is Cc1ccc(SCCOC(=O)c2ccc([N+](=O)[O-])o2)cc1C. The summed E-state index contributed by atoms with van der Waals surface area (Å²) in [5, 5.41) is 10.5. The molecule has 6 nitrogen and oxygen atoms in total. The van der Waals surface area contributed by atoms with Crippen molar-refractivity contribution in [1.29, 1.82) is 0 Å². The molecule has 0 fully saturated rings. The van der Waals surface area contributed by atoms with Crippen molar-refractivity contribution in [3.8, 4) is 0 Å². The van der Waals surface area contributed by atoms with Crippen LogP contribution in [0.5, 0.6) is 0 Å². The van der Waals surface area contributed by atoms with E-state index in [1.165, 1.54) is 17.2 Å². The standard InChI is InChI=1S/C15H15NO5S/c1-10-3-4-12(9-11(10)2)22-8-7-20-15(17)13-5-6-14(21-13)16(18)19/h3-6,9H,7-8H2,1-2H3. The van der Waals surface area contributed by atoms with E-state index in [1.54, 1.807) is 11.8 Å². The number of nitrogens with zero attached hydrogens (tertiary/aromatic N) is 1. The molecule has 0 saturated carbocycles. The quantitative estimate of drug-likeness (QED) is 0.265. The molecule has 0 unspecified atom stereocenters. The van der Waals surface area contributed by atoms with Crippen LogP contribution in [0, 0.1) is 24.0 Å². The van der Waals surface area contributed by atoms with Crippen LogP contribution in [-0.4, -0.2) is 23.3 Å². The fourth-order valence-corrected chi connectivity index (χ4v) is 2.53. The lowest BCUT2D eigenvalue weighted by Gasteiger charge is -2.05. The number of esters is 1. The van der Waals surface area contributed by atoms with Gasteiger partial charge in [0.2, 0.25) is 5.76 Å². The number of carbonyl (C=O) groups excluding carboxylic acids is 1. The summed E-state index contributed by atoms with van der Waals surface area (Å²) in [4.78, 5) is 22.5. The van der Waals surface area contributed by atoms with Crippen LogP contribution in [0.1, 0.15) is 21.7 Å². The molecule has 0 aliphatic rings. The van der Waals surface area contributed by atoms with Crippen LogP contribution in [0.4, 0.5) is 5.88 Å². The minimum atomic E-state index is -0.702. The summed E-state index contributed by atoms with van der Waals surface area (Å²) in [7, 11) is 0. The van der Waals surface area contributed by atoms with Gasteiger partial charge in [-0.25, -0.2) is 4.79 Å². The van der Waals surface area contributed by atoms with Gasteiger partial charge < -0.3 is 9.15 Å². The Labute approximate surface area is 131 Å². The highest BCUT2D eigenvalue weighted by atomic mass is 32.2. The molecule has 0 saturated heterocycles. The van der Waals surface area contributed by atoms with Gasteiger partial charge in [0.15, 0.2) is 0 Å². The zero-order valence-corrected chi connectivity index (χ0v) is 13.0. The van der Waals surface area contributed by atoms with Crippen molar-refractivity contribution < 1.29 is 18.9 Å². The lowest BCUT2D eigenvalue weighted by molar-refractivity contribution is -0.402. The van der Waals surface area contributed by atoms with E-state index in [2.05, 4.69) is 6.07 Å². The summed E-state index contributed by atoms with van der Waals surface area (Å²) in [6, 6.07) is 8.51. The summed E-state index contributed by atoms with van der Waals surface area (Å²) in [5.41, 5.74) is 2.44. The molecule has 22 heavy (non-hydrogen) atoms. The van der Waals surface area contributed by atoms with Crippen molar-refractivity contribution in [1.82, 2.24) is 0 Å². The van der Waals surface area contributed by atoms with Gasteiger partial charge >= 0.3 is 11.9 Å². The van der Waals surface area contributed by atoms with Crippen molar-refractivity contribution in [3.05, 3.63) is 57.3 Å². The highest BCUT2D eigenvalue weighted by Gasteiger charge is 2.18. The number of furan rings is 1. The predicted molar refractivity (Wildman–Crippen MR) is 82.3 cm³/mol. The molecule has 0 bridgehead atoms. The Kier molecular flexibility index (Phi) is 5.21. The first-order valence-corrected chi connectivity index (χ1v) is 7.57. The molecule has 0 atom stereocenters. The maximum atomic E-state index is 11.6. The topological polar surface area (TPSA) is 82.6 Å². The lowest BCUT2D eigenvalue weighted by atomic mass is 10.1. The number of aryl methyl sites for hydroxylation is 2. The molecule has 0 amide bonds. The van der Waals surface area contributed by atoms with E-state index in [0.29, 0.717) is 5.75 Å². The van der Waals surface area contributed by atoms with Gasteiger partial charge in [-0.05, 0) is 43.2 Å². The van der Waals surface area contributed by atoms with Gasteiger partial charge in [0.1, 0.15) is 11.5 Å². The van der Waals surface area contributed by atoms with Gasteiger partial charge in [0.05, 0.1) is 6.07 Å². The third-order valence-electron chi connectivity index (χ3n) is 3.04. The largest absolute Gasteiger partial charge is 0.459 e. The van der Waals surface area contributed by atoms with Crippen molar-refractivity contribution in [3.63, 3.8) is 0 Å². The number of rotatable bonds is 6. The number of nitro groups is 1. The highest BCUT2D eigenvalue weighted by molar-refractivity contribution is 7.99. The number of thioether (sulfide) groups is 1. The Morgan fingerprint density at radius 3 is 2.68 bits per heavy atom. The summed E-state index contributed by atoms with van der Waals surface area (Å²) in [5.74, 6) is -0.745. The Morgan fingerprint density at radius 2 is 2.05 bits per heavy atom. The highest BCUT2D eigenvalue weighted by Crippen LogP contribution is 2.21. The van der Waals surface area contributed by atoms with E-state index in [0.717, 1.165) is 11.0 Å². The number of ether oxygens (including phenoxy) is 1. The molecule has 0 N–H and O–H groups in total. The number of carbonyl (C=O) groups is 1. The van der Waals surface area contributed by atoms with Crippen molar-refractivity contribution in [2.75, 3.05) is 12.4 Å². The van der Waals surface area contributed by atoms with E-state index in [1.807, 2.05) is 26.0 Å². The Morgan fingerprint density at radius 1 is 1.27 bits per heavy atom. The second-order valence-electron chi connectivity index (χ2n) is 4.63. The van der Waals surface area contributed by atoms with Gasteiger partial charge in [-0.15, -0.1) is 11.8 Å². The van der Waals surface area contributed by atoms with Crippen LogP contribution in [0.3, 0.4) is 0 Å². The van der Waals surface area contributed by atoms with E-state index in [9.17, 15) is 14.9 Å². The van der Waals surface area contributed by atoms with Crippen LogP contribution in [0.15, 0.2) is 39.6 Å². The summed E-state index contributed by atoms with van der Waals surface area (Å²) >= 11 is 1.57. The number of hydrogen-bond donors (Lipinski definition) is 0. The molecular weight excluding hydrogens is 306 g/mol. The maximum absolute atomic E-state index is 11.6. The Balaban J connectivity index is 1.79. The fourth-order valence-electron chi connectivity index (χ4n) is 1.70. The summed E-state index contributed by atoms with van der Waals surface area (Å²) < 4.78 is 9.79. The van der Waals surface area contributed by atoms with Gasteiger partial charge in [0.25, 0.3) is 0 Å². The first-order chi connectivity index (χ1) is 10.5.